The number of benzene rings is 1. The van der Waals surface area contributed by atoms with Crippen molar-refractivity contribution in [1.82, 2.24) is 19.9 Å². The Morgan fingerprint density at radius 1 is 1.12 bits per heavy atom. The fraction of sp³-hybridized carbons (Fsp3) is 0.188. The summed E-state index contributed by atoms with van der Waals surface area (Å²) in [5.74, 6) is 1.97. The Morgan fingerprint density at radius 3 is 2.92 bits per heavy atom. The number of urea groups is 1. The highest BCUT2D eigenvalue weighted by atomic mass is 16.6. The molecule has 2 N–H and O–H groups in total. The molecule has 0 saturated heterocycles. The number of nitrogens with one attached hydrogen (secondary N) is 2. The molecule has 0 unspecified atom stereocenters. The van der Waals surface area contributed by atoms with Crippen LogP contribution in [0.25, 0.3) is 5.65 Å². The van der Waals surface area contributed by atoms with Crippen molar-refractivity contribution < 1.29 is 14.3 Å². The van der Waals surface area contributed by atoms with Gasteiger partial charge in [0.1, 0.15) is 13.2 Å². The number of hydrogen-bond acceptors (Lipinski definition) is 5. The summed E-state index contributed by atoms with van der Waals surface area (Å²) < 4.78 is 12.8. The fourth-order valence-electron chi connectivity index (χ4n) is 2.47. The van der Waals surface area contributed by atoms with Crippen LogP contribution in [0.1, 0.15) is 5.82 Å². The van der Waals surface area contributed by atoms with Crippen LogP contribution in [0.5, 0.6) is 11.5 Å². The molecule has 0 fully saturated rings. The number of pyridine rings is 1. The maximum atomic E-state index is 12.1. The van der Waals surface area contributed by atoms with E-state index in [4.69, 9.17) is 9.47 Å². The van der Waals surface area contributed by atoms with Gasteiger partial charge in [-0.1, -0.05) is 6.07 Å². The number of rotatable bonds is 3. The van der Waals surface area contributed by atoms with Crippen LogP contribution in [-0.4, -0.2) is 33.8 Å². The predicted octanol–water partition coefficient (Wildman–Crippen LogP) is 1.82. The third-order valence-corrected chi connectivity index (χ3v) is 3.59. The molecule has 0 spiro atoms. The average molecular weight is 325 g/mol. The highest BCUT2D eigenvalue weighted by Gasteiger charge is 2.13. The Balaban J connectivity index is 1.40. The molecule has 2 amide bonds. The largest absolute Gasteiger partial charge is 0.486 e. The summed E-state index contributed by atoms with van der Waals surface area (Å²) in [6, 6.07) is 10.6. The SMILES string of the molecule is O=C(NCc1nnc2ccccn12)Nc1ccc2c(c1)OCCO2. The van der Waals surface area contributed by atoms with Crippen LogP contribution in [0.4, 0.5) is 10.5 Å². The molecule has 8 nitrogen and oxygen atoms in total. The zero-order valence-electron chi connectivity index (χ0n) is 12.7. The first-order valence-electron chi connectivity index (χ1n) is 7.53. The van der Waals surface area contributed by atoms with Crippen molar-refractivity contribution in [3.05, 3.63) is 48.4 Å². The van der Waals surface area contributed by atoms with E-state index < -0.39 is 0 Å². The van der Waals surface area contributed by atoms with Gasteiger partial charge in [0.15, 0.2) is 23.0 Å². The number of ether oxygens (including phenoxy) is 2. The van der Waals surface area contributed by atoms with Gasteiger partial charge in [-0.2, -0.15) is 0 Å². The summed E-state index contributed by atoms with van der Waals surface area (Å²) in [4.78, 5) is 12.1. The standard InChI is InChI=1S/C16H15N5O3/c22-16(17-10-15-20-19-14-3-1-2-6-21(14)15)18-11-4-5-12-13(9-11)24-8-7-23-12/h1-6,9H,7-8,10H2,(H2,17,18,22). The van der Waals surface area contributed by atoms with Crippen molar-refractivity contribution >= 4 is 17.4 Å². The Kier molecular flexibility index (Phi) is 3.62. The molecule has 3 aromatic rings. The number of fused-ring (bicyclic) bond motifs is 2. The molecule has 1 aliphatic rings. The van der Waals surface area contributed by atoms with Crippen molar-refractivity contribution in [2.24, 2.45) is 0 Å². The topological polar surface area (TPSA) is 89.8 Å². The van der Waals surface area contributed by atoms with E-state index in [1.807, 2.05) is 28.8 Å². The Labute approximate surface area is 137 Å². The van der Waals surface area contributed by atoms with E-state index in [2.05, 4.69) is 20.8 Å². The third-order valence-electron chi connectivity index (χ3n) is 3.59. The highest BCUT2D eigenvalue weighted by Crippen LogP contribution is 2.32. The lowest BCUT2D eigenvalue weighted by Gasteiger charge is -2.19. The quantitative estimate of drug-likeness (QED) is 0.767. The maximum Gasteiger partial charge on any atom is 0.319 e. The van der Waals surface area contributed by atoms with Crippen molar-refractivity contribution in [3.8, 4) is 11.5 Å². The molecule has 0 radical (unpaired) electrons. The average Bonchev–Trinajstić information content (AvgIpc) is 3.03. The molecular formula is C16H15N5O3. The van der Waals surface area contributed by atoms with Crippen LogP contribution in [0.15, 0.2) is 42.6 Å². The maximum absolute atomic E-state index is 12.1. The van der Waals surface area contributed by atoms with Gasteiger partial charge in [-0.3, -0.25) is 4.40 Å². The summed E-state index contributed by atoms with van der Waals surface area (Å²) >= 11 is 0. The van der Waals surface area contributed by atoms with Crippen LogP contribution in [0.3, 0.4) is 0 Å². The molecule has 122 valence electrons. The van der Waals surface area contributed by atoms with E-state index in [0.717, 1.165) is 5.65 Å². The Bertz CT molecular complexity index is 892. The molecule has 8 heteroatoms. The molecule has 0 aliphatic carbocycles. The normalized spacial score (nSPS) is 12.8. The Morgan fingerprint density at radius 2 is 2.00 bits per heavy atom. The number of hydrogen-bond donors (Lipinski definition) is 2. The van der Waals surface area contributed by atoms with Crippen LogP contribution in [0.2, 0.25) is 0 Å². The van der Waals surface area contributed by atoms with Gasteiger partial charge in [0.05, 0.1) is 6.54 Å². The number of amides is 2. The van der Waals surface area contributed by atoms with E-state index in [-0.39, 0.29) is 12.6 Å². The second-order valence-electron chi connectivity index (χ2n) is 5.21. The summed E-state index contributed by atoms with van der Waals surface area (Å²) in [7, 11) is 0. The summed E-state index contributed by atoms with van der Waals surface area (Å²) in [6.45, 7) is 1.30. The summed E-state index contributed by atoms with van der Waals surface area (Å²) in [5.41, 5.74) is 1.37. The molecule has 1 aromatic carbocycles. The van der Waals surface area contributed by atoms with Crippen molar-refractivity contribution in [1.29, 1.82) is 0 Å². The lowest BCUT2D eigenvalue weighted by molar-refractivity contribution is 0.171. The number of carbonyl (C=O) groups excluding carboxylic acids is 1. The van der Waals surface area contributed by atoms with E-state index >= 15 is 0 Å². The van der Waals surface area contributed by atoms with Crippen molar-refractivity contribution in [2.75, 3.05) is 18.5 Å². The van der Waals surface area contributed by atoms with E-state index in [0.29, 0.717) is 36.2 Å². The van der Waals surface area contributed by atoms with Gasteiger partial charge in [0.2, 0.25) is 0 Å². The van der Waals surface area contributed by atoms with Crippen molar-refractivity contribution in [3.63, 3.8) is 0 Å². The minimum atomic E-state index is -0.334. The predicted molar refractivity (Wildman–Crippen MR) is 86.3 cm³/mol. The van der Waals surface area contributed by atoms with Gasteiger partial charge in [0.25, 0.3) is 0 Å². The number of aromatic nitrogens is 3. The lowest BCUT2D eigenvalue weighted by Crippen LogP contribution is -2.29. The van der Waals surface area contributed by atoms with Gasteiger partial charge >= 0.3 is 6.03 Å². The van der Waals surface area contributed by atoms with Crippen LogP contribution in [0, 0.1) is 0 Å². The molecule has 0 bridgehead atoms. The molecular weight excluding hydrogens is 310 g/mol. The van der Waals surface area contributed by atoms with Gasteiger partial charge in [-0.25, -0.2) is 4.79 Å². The Hall–Kier alpha value is -3.29. The van der Waals surface area contributed by atoms with E-state index in [1.165, 1.54) is 0 Å². The van der Waals surface area contributed by atoms with Gasteiger partial charge in [-0.15, -0.1) is 10.2 Å². The van der Waals surface area contributed by atoms with Gasteiger partial charge in [-0.05, 0) is 24.3 Å². The van der Waals surface area contributed by atoms with E-state index in [1.54, 1.807) is 18.2 Å². The highest BCUT2D eigenvalue weighted by molar-refractivity contribution is 5.89. The molecule has 1 aliphatic heterocycles. The first-order chi connectivity index (χ1) is 11.8. The minimum Gasteiger partial charge on any atom is -0.486 e. The number of carbonyl (C=O) groups is 1. The molecule has 2 aromatic heterocycles. The zero-order chi connectivity index (χ0) is 16.4. The fourth-order valence-corrected chi connectivity index (χ4v) is 2.47. The first kappa shape index (κ1) is 14.3. The molecule has 0 saturated carbocycles. The van der Waals surface area contributed by atoms with Crippen molar-refractivity contribution in [2.45, 2.75) is 6.54 Å². The smallest absolute Gasteiger partial charge is 0.319 e. The lowest BCUT2D eigenvalue weighted by atomic mass is 10.2. The van der Waals surface area contributed by atoms with Gasteiger partial charge in [0, 0.05) is 18.0 Å². The molecule has 3 heterocycles. The van der Waals surface area contributed by atoms with Crippen LogP contribution in [-0.2, 0) is 6.54 Å². The molecule has 24 heavy (non-hydrogen) atoms. The summed E-state index contributed by atoms with van der Waals surface area (Å²) in [6.07, 6.45) is 1.85. The second-order valence-corrected chi connectivity index (χ2v) is 5.21. The third kappa shape index (κ3) is 2.81. The minimum absolute atomic E-state index is 0.265. The molecule has 4 rings (SSSR count). The summed E-state index contributed by atoms with van der Waals surface area (Å²) in [5, 5.41) is 13.6. The van der Waals surface area contributed by atoms with Crippen LogP contribution >= 0.6 is 0 Å². The number of nitrogens with zero attached hydrogens (tertiary/aromatic N) is 3. The monoisotopic (exact) mass is 325 g/mol. The van der Waals surface area contributed by atoms with Crippen LogP contribution < -0.4 is 20.1 Å². The second kappa shape index (κ2) is 6.07. The first-order valence-corrected chi connectivity index (χ1v) is 7.53. The number of anilines is 1. The van der Waals surface area contributed by atoms with E-state index in [9.17, 15) is 4.79 Å². The molecule has 0 atom stereocenters. The zero-order valence-corrected chi connectivity index (χ0v) is 12.7. The van der Waals surface area contributed by atoms with Gasteiger partial charge < -0.3 is 20.1 Å².